The normalized spacial score (nSPS) is 10.4. The molecule has 6 heteroatoms. The summed E-state index contributed by atoms with van der Waals surface area (Å²) in [6.07, 6.45) is 0.736. The number of nitrogens with two attached hydrogens (primary N) is 1. The fourth-order valence-electron chi connectivity index (χ4n) is 2.00. The maximum absolute atomic E-state index is 12.2. The number of hydrogen-bond donors (Lipinski definition) is 1. The van der Waals surface area contributed by atoms with Gasteiger partial charge in [0.05, 0.1) is 7.11 Å². The monoisotopic (exact) mass is 305 g/mol. The van der Waals surface area contributed by atoms with Gasteiger partial charge in [-0.1, -0.05) is 18.2 Å². The van der Waals surface area contributed by atoms with E-state index >= 15 is 0 Å². The topological polar surface area (TPSA) is 68.5 Å². The summed E-state index contributed by atoms with van der Waals surface area (Å²) in [5.41, 5.74) is 7.06. The van der Waals surface area contributed by atoms with E-state index in [4.69, 9.17) is 10.5 Å². The molecular formula is C15H19N3O2S. The highest BCUT2D eigenvalue weighted by Crippen LogP contribution is 2.18. The number of benzene rings is 1. The molecule has 0 radical (unpaired) electrons. The van der Waals surface area contributed by atoms with Crippen LogP contribution in [0.2, 0.25) is 0 Å². The maximum Gasteiger partial charge on any atom is 0.273 e. The third kappa shape index (κ3) is 3.80. The average molecular weight is 305 g/mol. The van der Waals surface area contributed by atoms with Gasteiger partial charge >= 0.3 is 0 Å². The summed E-state index contributed by atoms with van der Waals surface area (Å²) in [6, 6.07) is 7.83. The van der Waals surface area contributed by atoms with E-state index in [9.17, 15) is 4.79 Å². The molecule has 2 N–H and O–H groups in total. The maximum atomic E-state index is 12.2. The van der Waals surface area contributed by atoms with Crippen molar-refractivity contribution in [2.45, 2.75) is 13.0 Å². The third-order valence-electron chi connectivity index (χ3n) is 3.20. The molecule has 0 saturated carbocycles. The van der Waals surface area contributed by atoms with Crippen molar-refractivity contribution in [2.75, 3.05) is 20.7 Å². The Balaban J connectivity index is 1.97. The lowest BCUT2D eigenvalue weighted by molar-refractivity contribution is 0.0791. The molecule has 1 heterocycles. The van der Waals surface area contributed by atoms with Crippen LogP contribution < -0.4 is 10.5 Å². The smallest absolute Gasteiger partial charge is 0.273 e. The van der Waals surface area contributed by atoms with Gasteiger partial charge in [-0.15, -0.1) is 11.3 Å². The number of para-hydroxylation sites is 1. The summed E-state index contributed by atoms with van der Waals surface area (Å²) in [6.45, 7) is 0.970. The Morgan fingerprint density at radius 1 is 1.43 bits per heavy atom. The highest BCUT2D eigenvalue weighted by atomic mass is 32.1. The van der Waals surface area contributed by atoms with Gasteiger partial charge in [0.1, 0.15) is 16.5 Å². The summed E-state index contributed by atoms with van der Waals surface area (Å²) >= 11 is 1.41. The minimum absolute atomic E-state index is 0.0825. The van der Waals surface area contributed by atoms with Gasteiger partial charge in [-0.3, -0.25) is 4.79 Å². The minimum Gasteiger partial charge on any atom is -0.496 e. The van der Waals surface area contributed by atoms with Crippen molar-refractivity contribution in [2.24, 2.45) is 5.73 Å². The quantitative estimate of drug-likeness (QED) is 0.885. The highest BCUT2D eigenvalue weighted by Gasteiger charge is 2.15. The first-order chi connectivity index (χ1) is 10.2. The molecule has 1 aromatic heterocycles. The second-order valence-corrected chi connectivity index (χ2v) is 5.56. The van der Waals surface area contributed by atoms with Crippen LogP contribution in [0, 0.1) is 0 Å². The van der Waals surface area contributed by atoms with Crippen LogP contribution >= 0.6 is 11.3 Å². The molecule has 0 unspecified atom stereocenters. The van der Waals surface area contributed by atoms with E-state index in [0.717, 1.165) is 22.7 Å². The summed E-state index contributed by atoms with van der Waals surface area (Å²) in [5.74, 6) is 0.762. The molecule has 112 valence electrons. The van der Waals surface area contributed by atoms with Crippen LogP contribution in [-0.2, 0) is 13.0 Å². The van der Waals surface area contributed by atoms with Crippen molar-refractivity contribution in [3.63, 3.8) is 0 Å². The second-order valence-electron chi connectivity index (χ2n) is 4.62. The lowest BCUT2D eigenvalue weighted by Gasteiger charge is -2.16. The molecule has 21 heavy (non-hydrogen) atoms. The standard InChI is InChI=1S/C15H19N3O2S/c1-18(15(19)12-10-21-14(9-16)17-12)8-7-11-5-3-4-6-13(11)20-2/h3-6,10H,7-9,16H2,1-2H3. The summed E-state index contributed by atoms with van der Waals surface area (Å²) < 4.78 is 5.31. The Morgan fingerprint density at radius 2 is 2.19 bits per heavy atom. The largest absolute Gasteiger partial charge is 0.496 e. The molecule has 0 bridgehead atoms. The van der Waals surface area contributed by atoms with Crippen molar-refractivity contribution in [1.29, 1.82) is 0 Å². The van der Waals surface area contributed by atoms with Crippen LogP contribution in [0.4, 0.5) is 0 Å². The lowest BCUT2D eigenvalue weighted by atomic mass is 10.1. The van der Waals surface area contributed by atoms with Gasteiger partial charge in [-0.25, -0.2) is 4.98 Å². The van der Waals surface area contributed by atoms with Gasteiger partial charge in [-0.05, 0) is 18.1 Å². The van der Waals surface area contributed by atoms with Crippen LogP contribution in [-0.4, -0.2) is 36.5 Å². The number of rotatable bonds is 6. The predicted octanol–water partition coefficient (Wildman–Crippen LogP) is 1.93. The van der Waals surface area contributed by atoms with Crippen molar-refractivity contribution in [3.8, 4) is 5.75 Å². The fourth-order valence-corrected chi connectivity index (χ4v) is 2.65. The molecule has 0 spiro atoms. The number of aromatic nitrogens is 1. The molecule has 1 amide bonds. The first kappa shape index (κ1) is 15.5. The van der Waals surface area contributed by atoms with Crippen molar-refractivity contribution >= 4 is 17.2 Å². The second kappa shape index (κ2) is 7.19. The number of ether oxygens (including phenoxy) is 1. The predicted molar refractivity (Wildman–Crippen MR) is 83.7 cm³/mol. The SMILES string of the molecule is COc1ccccc1CCN(C)C(=O)c1csc(CN)n1. The zero-order valence-corrected chi connectivity index (χ0v) is 13.0. The Hall–Kier alpha value is -1.92. The first-order valence-electron chi connectivity index (χ1n) is 6.67. The minimum atomic E-state index is -0.0825. The summed E-state index contributed by atoms with van der Waals surface area (Å²) in [7, 11) is 3.43. The molecule has 0 aliphatic heterocycles. The van der Waals surface area contributed by atoms with Gasteiger partial charge in [0.25, 0.3) is 5.91 Å². The average Bonchev–Trinajstić information content (AvgIpc) is 3.01. The molecule has 2 aromatic rings. The highest BCUT2D eigenvalue weighted by molar-refractivity contribution is 7.09. The van der Waals surface area contributed by atoms with E-state index in [1.54, 1.807) is 24.4 Å². The summed E-state index contributed by atoms with van der Waals surface area (Å²) in [5, 5.41) is 2.53. The molecule has 0 atom stereocenters. The number of likely N-dealkylation sites (N-methyl/N-ethyl adjacent to an activating group) is 1. The van der Waals surface area contributed by atoms with Gasteiger partial charge in [0.15, 0.2) is 0 Å². The van der Waals surface area contributed by atoms with Crippen LogP contribution in [0.15, 0.2) is 29.6 Å². The summed E-state index contributed by atoms with van der Waals surface area (Å²) in [4.78, 5) is 18.1. The molecule has 1 aromatic carbocycles. The van der Waals surface area contributed by atoms with E-state index in [-0.39, 0.29) is 5.91 Å². The van der Waals surface area contributed by atoms with Gasteiger partial charge in [-0.2, -0.15) is 0 Å². The Bertz CT molecular complexity index is 612. The number of nitrogens with zero attached hydrogens (tertiary/aromatic N) is 2. The Morgan fingerprint density at radius 3 is 2.86 bits per heavy atom. The number of carbonyl (C=O) groups is 1. The third-order valence-corrected chi connectivity index (χ3v) is 4.07. The van der Waals surface area contributed by atoms with E-state index < -0.39 is 0 Å². The van der Waals surface area contributed by atoms with Gasteiger partial charge < -0.3 is 15.4 Å². The van der Waals surface area contributed by atoms with Crippen LogP contribution in [0.5, 0.6) is 5.75 Å². The Labute approximate surface area is 128 Å². The lowest BCUT2D eigenvalue weighted by Crippen LogP contribution is -2.29. The number of hydrogen-bond acceptors (Lipinski definition) is 5. The molecule has 0 aliphatic rings. The molecule has 2 rings (SSSR count). The van der Waals surface area contributed by atoms with Crippen molar-refractivity contribution in [3.05, 3.63) is 45.9 Å². The van der Waals surface area contributed by atoms with Gasteiger partial charge in [0.2, 0.25) is 0 Å². The zero-order chi connectivity index (χ0) is 15.2. The van der Waals surface area contributed by atoms with E-state index in [0.29, 0.717) is 18.8 Å². The number of carbonyl (C=O) groups excluding carboxylic acids is 1. The van der Waals surface area contributed by atoms with E-state index in [1.165, 1.54) is 11.3 Å². The Kier molecular flexibility index (Phi) is 5.30. The molecule has 0 fully saturated rings. The fraction of sp³-hybridized carbons (Fsp3) is 0.333. The number of methoxy groups -OCH3 is 1. The molecule has 0 aliphatic carbocycles. The zero-order valence-electron chi connectivity index (χ0n) is 12.2. The van der Waals surface area contributed by atoms with Crippen LogP contribution in [0.25, 0.3) is 0 Å². The van der Waals surface area contributed by atoms with Crippen LogP contribution in [0.1, 0.15) is 21.1 Å². The molecule has 0 saturated heterocycles. The van der Waals surface area contributed by atoms with Crippen molar-refractivity contribution < 1.29 is 9.53 Å². The van der Waals surface area contributed by atoms with E-state index in [2.05, 4.69) is 4.98 Å². The number of thiazole rings is 1. The van der Waals surface area contributed by atoms with Crippen molar-refractivity contribution in [1.82, 2.24) is 9.88 Å². The van der Waals surface area contributed by atoms with Gasteiger partial charge in [0, 0.05) is 25.5 Å². The molecular weight excluding hydrogens is 286 g/mol. The van der Waals surface area contributed by atoms with Crippen LogP contribution in [0.3, 0.4) is 0 Å². The first-order valence-corrected chi connectivity index (χ1v) is 7.55. The number of amides is 1. The molecule has 5 nitrogen and oxygen atoms in total. The van der Waals surface area contributed by atoms with E-state index in [1.807, 2.05) is 24.3 Å².